The van der Waals surface area contributed by atoms with Gasteiger partial charge in [0.05, 0.1) is 11.6 Å². The smallest absolute Gasteiger partial charge is 0.409 e. The zero-order valence-electron chi connectivity index (χ0n) is 15.7. The molecule has 6 nitrogen and oxygen atoms in total. The average molecular weight is 403 g/mol. The van der Waals surface area contributed by atoms with E-state index in [1.54, 1.807) is 48.2 Å². The number of anilines is 1. The number of likely N-dealkylation sites (tertiary alicyclic amines) is 1. The number of halogens is 1. The number of amides is 2. The van der Waals surface area contributed by atoms with Crippen molar-refractivity contribution >= 4 is 29.3 Å². The van der Waals surface area contributed by atoms with E-state index in [1.807, 2.05) is 12.1 Å². The summed E-state index contributed by atoms with van der Waals surface area (Å²) in [7, 11) is 0. The molecular formula is C21H23ClN2O4. The van der Waals surface area contributed by atoms with E-state index < -0.39 is 0 Å². The average Bonchev–Trinajstić information content (AvgIpc) is 2.71. The lowest BCUT2D eigenvalue weighted by Gasteiger charge is -2.30. The molecule has 0 aliphatic carbocycles. The molecule has 148 valence electrons. The molecule has 2 amide bonds. The molecule has 1 saturated heterocycles. The van der Waals surface area contributed by atoms with Crippen LogP contribution >= 0.6 is 11.6 Å². The van der Waals surface area contributed by atoms with Crippen LogP contribution in [-0.4, -0.2) is 36.6 Å². The number of para-hydroxylation sites is 1. The highest BCUT2D eigenvalue weighted by molar-refractivity contribution is 6.32. The fraction of sp³-hybridized carbons (Fsp3) is 0.333. The lowest BCUT2D eigenvalue weighted by Crippen LogP contribution is -2.41. The Balaban J connectivity index is 1.51. The van der Waals surface area contributed by atoms with Crippen molar-refractivity contribution in [2.75, 3.05) is 25.0 Å². The van der Waals surface area contributed by atoms with Gasteiger partial charge in [-0.2, -0.15) is 0 Å². The third-order valence-electron chi connectivity index (χ3n) is 4.58. The standard InChI is InChI=1S/C21H23ClN2O4/c1-2-27-21(26)24-13-11-15(12-14-24)20(25)23-16-7-9-17(10-8-16)28-19-6-4-3-5-18(19)22/h3-10,15H,2,11-14H2,1H3,(H,23,25). The first-order valence-corrected chi connectivity index (χ1v) is 9.69. The van der Waals surface area contributed by atoms with Gasteiger partial charge in [-0.3, -0.25) is 4.79 Å². The molecule has 0 unspecified atom stereocenters. The normalized spacial score (nSPS) is 14.4. The molecule has 1 aliphatic rings. The van der Waals surface area contributed by atoms with Gasteiger partial charge in [-0.05, 0) is 56.2 Å². The molecule has 1 aliphatic heterocycles. The fourth-order valence-corrected chi connectivity index (χ4v) is 3.22. The second-order valence-corrected chi connectivity index (χ2v) is 6.91. The number of hydrogen-bond donors (Lipinski definition) is 1. The van der Waals surface area contributed by atoms with Crippen LogP contribution in [0.2, 0.25) is 5.02 Å². The number of rotatable bonds is 5. The Labute approximate surface area is 169 Å². The van der Waals surface area contributed by atoms with Crippen LogP contribution in [0, 0.1) is 5.92 Å². The van der Waals surface area contributed by atoms with Crippen LogP contribution in [0.25, 0.3) is 0 Å². The van der Waals surface area contributed by atoms with Crippen LogP contribution in [0.4, 0.5) is 10.5 Å². The molecule has 2 aromatic rings. The maximum atomic E-state index is 12.5. The predicted molar refractivity (Wildman–Crippen MR) is 108 cm³/mol. The van der Waals surface area contributed by atoms with Crippen molar-refractivity contribution in [3.05, 3.63) is 53.6 Å². The highest BCUT2D eigenvalue weighted by Crippen LogP contribution is 2.29. The molecule has 0 radical (unpaired) electrons. The minimum absolute atomic E-state index is 0.0386. The molecule has 1 fully saturated rings. The van der Waals surface area contributed by atoms with Gasteiger partial charge in [-0.25, -0.2) is 4.79 Å². The highest BCUT2D eigenvalue weighted by Gasteiger charge is 2.27. The summed E-state index contributed by atoms with van der Waals surface area (Å²) < 4.78 is 10.7. The number of carbonyl (C=O) groups is 2. The van der Waals surface area contributed by atoms with Crippen LogP contribution in [0.5, 0.6) is 11.5 Å². The summed E-state index contributed by atoms with van der Waals surface area (Å²) in [6, 6.07) is 14.4. The van der Waals surface area contributed by atoms with Crippen LogP contribution < -0.4 is 10.1 Å². The Hall–Kier alpha value is -2.73. The first-order chi connectivity index (χ1) is 13.6. The maximum Gasteiger partial charge on any atom is 0.409 e. The molecular weight excluding hydrogens is 380 g/mol. The fourth-order valence-electron chi connectivity index (χ4n) is 3.04. The molecule has 1 N–H and O–H groups in total. The Morgan fingerprint density at radius 2 is 1.79 bits per heavy atom. The van der Waals surface area contributed by atoms with Crippen LogP contribution in [0.15, 0.2) is 48.5 Å². The van der Waals surface area contributed by atoms with E-state index in [0.29, 0.717) is 54.7 Å². The number of carbonyl (C=O) groups excluding carboxylic acids is 2. The Morgan fingerprint density at radius 1 is 1.11 bits per heavy atom. The summed E-state index contributed by atoms with van der Waals surface area (Å²) >= 11 is 6.09. The molecule has 0 saturated carbocycles. The van der Waals surface area contributed by atoms with Gasteiger partial charge < -0.3 is 19.7 Å². The number of benzene rings is 2. The summed E-state index contributed by atoms with van der Waals surface area (Å²) in [5.74, 6) is 1.05. The molecule has 0 spiro atoms. The van der Waals surface area contributed by atoms with Crippen molar-refractivity contribution < 1.29 is 19.1 Å². The topological polar surface area (TPSA) is 67.9 Å². The van der Waals surface area contributed by atoms with E-state index in [1.165, 1.54) is 0 Å². The molecule has 0 aromatic heterocycles. The van der Waals surface area contributed by atoms with Gasteiger partial charge in [-0.1, -0.05) is 23.7 Å². The SMILES string of the molecule is CCOC(=O)N1CCC(C(=O)Nc2ccc(Oc3ccccc3Cl)cc2)CC1. The van der Waals surface area contributed by atoms with E-state index in [2.05, 4.69) is 5.32 Å². The summed E-state index contributed by atoms with van der Waals surface area (Å²) in [6.07, 6.45) is 0.937. The summed E-state index contributed by atoms with van der Waals surface area (Å²) in [4.78, 5) is 25.9. The van der Waals surface area contributed by atoms with E-state index in [4.69, 9.17) is 21.1 Å². The lowest BCUT2D eigenvalue weighted by molar-refractivity contribution is -0.121. The Morgan fingerprint density at radius 3 is 2.43 bits per heavy atom. The van der Waals surface area contributed by atoms with Crippen molar-refractivity contribution in [3.63, 3.8) is 0 Å². The minimum Gasteiger partial charge on any atom is -0.456 e. The molecule has 0 atom stereocenters. The number of hydrogen-bond acceptors (Lipinski definition) is 4. The van der Waals surface area contributed by atoms with Gasteiger partial charge in [0.2, 0.25) is 5.91 Å². The quantitative estimate of drug-likeness (QED) is 0.769. The van der Waals surface area contributed by atoms with Crippen molar-refractivity contribution in [1.82, 2.24) is 4.90 Å². The molecule has 1 heterocycles. The number of nitrogens with one attached hydrogen (secondary N) is 1. The second-order valence-electron chi connectivity index (χ2n) is 6.51. The molecule has 28 heavy (non-hydrogen) atoms. The summed E-state index contributed by atoms with van der Waals surface area (Å²) in [5, 5.41) is 3.46. The van der Waals surface area contributed by atoms with E-state index >= 15 is 0 Å². The second kappa shape index (κ2) is 9.46. The maximum absolute atomic E-state index is 12.5. The number of ether oxygens (including phenoxy) is 2. The van der Waals surface area contributed by atoms with Crippen molar-refractivity contribution in [2.24, 2.45) is 5.92 Å². The number of nitrogens with zero attached hydrogens (tertiary/aromatic N) is 1. The first kappa shape index (κ1) is 20.0. The lowest BCUT2D eigenvalue weighted by atomic mass is 9.96. The minimum atomic E-state index is -0.310. The van der Waals surface area contributed by atoms with Crippen LogP contribution in [-0.2, 0) is 9.53 Å². The van der Waals surface area contributed by atoms with E-state index in [-0.39, 0.29) is 17.9 Å². The van der Waals surface area contributed by atoms with Gasteiger partial charge in [-0.15, -0.1) is 0 Å². The van der Waals surface area contributed by atoms with Gasteiger partial charge in [0.25, 0.3) is 0 Å². The summed E-state index contributed by atoms with van der Waals surface area (Å²) in [5.41, 5.74) is 0.698. The third kappa shape index (κ3) is 5.16. The molecule has 7 heteroatoms. The largest absolute Gasteiger partial charge is 0.456 e. The zero-order valence-corrected chi connectivity index (χ0v) is 16.4. The highest BCUT2D eigenvalue weighted by atomic mass is 35.5. The monoisotopic (exact) mass is 402 g/mol. The molecule has 0 bridgehead atoms. The van der Waals surface area contributed by atoms with Crippen molar-refractivity contribution in [1.29, 1.82) is 0 Å². The van der Waals surface area contributed by atoms with E-state index in [0.717, 1.165) is 0 Å². The van der Waals surface area contributed by atoms with Gasteiger partial charge >= 0.3 is 6.09 Å². The molecule has 2 aromatic carbocycles. The van der Waals surface area contributed by atoms with Crippen LogP contribution in [0.1, 0.15) is 19.8 Å². The zero-order chi connectivity index (χ0) is 19.9. The predicted octanol–water partition coefficient (Wildman–Crippen LogP) is 4.94. The number of piperidine rings is 1. The Kier molecular flexibility index (Phi) is 6.76. The van der Waals surface area contributed by atoms with E-state index in [9.17, 15) is 9.59 Å². The van der Waals surface area contributed by atoms with Crippen molar-refractivity contribution in [2.45, 2.75) is 19.8 Å². The van der Waals surface area contributed by atoms with Crippen molar-refractivity contribution in [3.8, 4) is 11.5 Å². The first-order valence-electron chi connectivity index (χ1n) is 9.32. The van der Waals surface area contributed by atoms with Crippen LogP contribution in [0.3, 0.4) is 0 Å². The Bertz CT molecular complexity index is 817. The van der Waals surface area contributed by atoms with Gasteiger partial charge in [0.15, 0.2) is 0 Å². The molecule has 3 rings (SSSR count). The third-order valence-corrected chi connectivity index (χ3v) is 4.89. The summed E-state index contributed by atoms with van der Waals surface area (Å²) in [6.45, 7) is 3.20. The van der Waals surface area contributed by atoms with Gasteiger partial charge in [0, 0.05) is 24.7 Å². The van der Waals surface area contributed by atoms with Gasteiger partial charge in [0.1, 0.15) is 11.5 Å².